The van der Waals surface area contributed by atoms with E-state index >= 15 is 0 Å². The van der Waals surface area contributed by atoms with Gasteiger partial charge >= 0.3 is 18.3 Å². The minimum Gasteiger partial charge on any atom is -0.447 e. The SMILES string of the molecule is CCCNC(=O)N(Oc1ncccc1C(F)(F)F)C(=O)OCC. The van der Waals surface area contributed by atoms with Gasteiger partial charge in [-0.25, -0.2) is 14.6 Å². The molecule has 1 aromatic heterocycles. The van der Waals surface area contributed by atoms with Crippen LogP contribution in [0, 0.1) is 0 Å². The molecule has 0 spiro atoms. The monoisotopic (exact) mass is 335 g/mol. The van der Waals surface area contributed by atoms with Gasteiger partial charge in [0.25, 0.3) is 5.88 Å². The number of rotatable bonds is 5. The first-order chi connectivity index (χ1) is 10.8. The summed E-state index contributed by atoms with van der Waals surface area (Å²) in [4.78, 5) is 31.8. The lowest BCUT2D eigenvalue weighted by molar-refractivity contribution is -0.141. The second kappa shape index (κ2) is 8.20. The van der Waals surface area contributed by atoms with E-state index in [4.69, 9.17) is 4.84 Å². The van der Waals surface area contributed by atoms with Gasteiger partial charge in [-0.3, -0.25) is 0 Å². The molecule has 128 valence electrons. The van der Waals surface area contributed by atoms with Crippen molar-refractivity contribution in [1.29, 1.82) is 0 Å². The predicted molar refractivity (Wildman–Crippen MR) is 72.4 cm³/mol. The Kier molecular flexibility index (Phi) is 6.61. The number of alkyl halides is 3. The first kappa shape index (κ1) is 18.5. The van der Waals surface area contributed by atoms with Crippen LogP contribution in [0.25, 0.3) is 0 Å². The number of imide groups is 1. The Labute approximate surface area is 130 Å². The third-order valence-corrected chi connectivity index (χ3v) is 2.40. The number of ether oxygens (including phenoxy) is 1. The van der Waals surface area contributed by atoms with Crippen LogP contribution in [0.2, 0.25) is 0 Å². The minimum absolute atomic E-state index is 0.0662. The molecule has 1 heterocycles. The number of pyridine rings is 1. The maximum Gasteiger partial charge on any atom is 0.452 e. The molecular formula is C13H16F3N3O4. The van der Waals surface area contributed by atoms with E-state index in [-0.39, 0.29) is 18.2 Å². The van der Waals surface area contributed by atoms with Gasteiger partial charge in [0, 0.05) is 12.7 Å². The topological polar surface area (TPSA) is 80.8 Å². The van der Waals surface area contributed by atoms with Crippen molar-refractivity contribution in [3.63, 3.8) is 0 Å². The first-order valence-electron chi connectivity index (χ1n) is 6.76. The van der Waals surface area contributed by atoms with Crippen LogP contribution < -0.4 is 10.2 Å². The highest BCUT2D eigenvalue weighted by Gasteiger charge is 2.37. The molecular weight excluding hydrogens is 319 g/mol. The number of carbonyl (C=O) groups excluding carboxylic acids is 2. The molecule has 0 radical (unpaired) electrons. The van der Waals surface area contributed by atoms with Gasteiger partial charge in [0.05, 0.1) is 6.61 Å². The number of amides is 3. The maximum absolute atomic E-state index is 12.9. The Bertz CT molecular complexity index is 552. The number of aromatic nitrogens is 1. The largest absolute Gasteiger partial charge is 0.452 e. The Morgan fingerprint density at radius 1 is 1.35 bits per heavy atom. The number of halogens is 3. The van der Waals surface area contributed by atoms with Crippen molar-refractivity contribution in [3.8, 4) is 5.88 Å². The first-order valence-corrected chi connectivity index (χ1v) is 6.76. The lowest BCUT2D eigenvalue weighted by atomic mass is 10.2. The molecule has 0 fully saturated rings. The molecule has 0 bridgehead atoms. The van der Waals surface area contributed by atoms with Crippen LogP contribution in [0.1, 0.15) is 25.8 Å². The Balaban J connectivity index is 3.06. The van der Waals surface area contributed by atoms with Crippen molar-refractivity contribution in [2.24, 2.45) is 0 Å². The molecule has 7 nitrogen and oxygen atoms in total. The number of nitrogens with one attached hydrogen (secondary N) is 1. The van der Waals surface area contributed by atoms with Crippen molar-refractivity contribution >= 4 is 12.1 Å². The molecule has 0 aliphatic rings. The lowest BCUT2D eigenvalue weighted by Crippen LogP contribution is -2.46. The fourth-order valence-corrected chi connectivity index (χ4v) is 1.41. The summed E-state index contributed by atoms with van der Waals surface area (Å²) >= 11 is 0. The second-order valence-electron chi connectivity index (χ2n) is 4.17. The molecule has 0 saturated heterocycles. The summed E-state index contributed by atoms with van der Waals surface area (Å²) in [6.45, 7) is 3.35. The van der Waals surface area contributed by atoms with Crippen LogP contribution in [0.15, 0.2) is 18.3 Å². The summed E-state index contributed by atoms with van der Waals surface area (Å²) < 4.78 is 43.3. The zero-order valence-electron chi connectivity index (χ0n) is 12.5. The Morgan fingerprint density at radius 2 is 2.04 bits per heavy atom. The van der Waals surface area contributed by atoms with Crippen LogP contribution in [0.3, 0.4) is 0 Å². The van der Waals surface area contributed by atoms with E-state index in [9.17, 15) is 22.8 Å². The normalized spacial score (nSPS) is 10.8. The zero-order chi connectivity index (χ0) is 17.5. The molecule has 1 rings (SSSR count). The number of nitrogens with zero attached hydrogens (tertiary/aromatic N) is 2. The molecule has 0 aromatic carbocycles. The van der Waals surface area contributed by atoms with Gasteiger partial charge in [-0.1, -0.05) is 6.92 Å². The van der Waals surface area contributed by atoms with Gasteiger partial charge in [0.1, 0.15) is 5.56 Å². The molecule has 10 heteroatoms. The number of carbonyl (C=O) groups is 2. The van der Waals surface area contributed by atoms with Crippen molar-refractivity contribution < 1.29 is 32.3 Å². The predicted octanol–water partition coefficient (Wildman–Crippen LogP) is 2.97. The van der Waals surface area contributed by atoms with Gasteiger partial charge in [0.2, 0.25) is 0 Å². The minimum atomic E-state index is -4.76. The van der Waals surface area contributed by atoms with E-state index in [0.29, 0.717) is 6.42 Å². The summed E-state index contributed by atoms with van der Waals surface area (Å²) in [5.41, 5.74) is -1.22. The average Bonchev–Trinajstić information content (AvgIpc) is 2.49. The molecule has 0 aliphatic carbocycles. The highest BCUT2D eigenvalue weighted by Crippen LogP contribution is 2.34. The summed E-state index contributed by atoms with van der Waals surface area (Å²) in [5, 5.41) is 2.37. The summed E-state index contributed by atoms with van der Waals surface area (Å²) in [7, 11) is 0. The van der Waals surface area contributed by atoms with Gasteiger partial charge in [-0.15, -0.1) is 0 Å². The fourth-order valence-electron chi connectivity index (χ4n) is 1.41. The van der Waals surface area contributed by atoms with Crippen molar-refractivity contribution in [3.05, 3.63) is 23.9 Å². The number of hydroxylamine groups is 2. The van der Waals surface area contributed by atoms with E-state index in [1.54, 1.807) is 6.92 Å². The smallest absolute Gasteiger partial charge is 0.447 e. The van der Waals surface area contributed by atoms with Gasteiger partial charge in [-0.2, -0.15) is 13.2 Å². The van der Waals surface area contributed by atoms with E-state index in [1.807, 2.05) is 0 Å². The molecule has 0 atom stereocenters. The Morgan fingerprint density at radius 3 is 2.61 bits per heavy atom. The molecule has 0 saturated carbocycles. The van der Waals surface area contributed by atoms with Crippen LogP contribution in [0.5, 0.6) is 5.88 Å². The molecule has 1 aromatic rings. The molecule has 23 heavy (non-hydrogen) atoms. The molecule has 3 amide bonds. The lowest BCUT2D eigenvalue weighted by Gasteiger charge is -2.21. The summed E-state index contributed by atoms with van der Waals surface area (Å²) in [6.07, 6.45) is -4.42. The van der Waals surface area contributed by atoms with Crippen LogP contribution >= 0.6 is 0 Å². The van der Waals surface area contributed by atoms with Crippen LogP contribution in [0.4, 0.5) is 22.8 Å². The quantitative estimate of drug-likeness (QED) is 0.837. The average molecular weight is 335 g/mol. The number of hydrogen-bond acceptors (Lipinski definition) is 5. The summed E-state index contributed by atoms with van der Waals surface area (Å²) in [6, 6.07) is 0.723. The highest BCUT2D eigenvalue weighted by atomic mass is 19.4. The van der Waals surface area contributed by atoms with E-state index < -0.39 is 29.7 Å². The fraction of sp³-hybridized carbons (Fsp3) is 0.462. The molecule has 0 unspecified atom stereocenters. The van der Waals surface area contributed by atoms with E-state index in [2.05, 4.69) is 15.0 Å². The standard InChI is InChI=1S/C13H16F3N3O4/c1-3-7-18-11(20)19(12(21)22-4-2)23-10-9(13(14,15)16)6-5-8-17-10/h5-6,8H,3-4,7H2,1-2H3,(H,18,20). The third kappa shape index (κ3) is 5.31. The second-order valence-corrected chi connectivity index (χ2v) is 4.17. The number of urea groups is 1. The van der Waals surface area contributed by atoms with Gasteiger partial charge in [-0.05, 0) is 30.5 Å². The Hall–Kier alpha value is -2.52. The van der Waals surface area contributed by atoms with Crippen LogP contribution in [-0.2, 0) is 10.9 Å². The van der Waals surface area contributed by atoms with E-state index in [0.717, 1.165) is 18.3 Å². The van der Waals surface area contributed by atoms with E-state index in [1.165, 1.54) is 6.92 Å². The zero-order valence-corrected chi connectivity index (χ0v) is 12.5. The van der Waals surface area contributed by atoms with Gasteiger partial charge in [0.15, 0.2) is 0 Å². The molecule has 1 N–H and O–H groups in total. The highest BCUT2D eigenvalue weighted by molar-refractivity contribution is 5.89. The van der Waals surface area contributed by atoms with Crippen molar-refractivity contribution in [1.82, 2.24) is 15.4 Å². The molecule has 0 aliphatic heterocycles. The summed E-state index contributed by atoms with van der Waals surface area (Å²) in [5.74, 6) is -0.931. The van der Waals surface area contributed by atoms with Crippen LogP contribution in [-0.4, -0.2) is 35.3 Å². The van der Waals surface area contributed by atoms with Crippen molar-refractivity contribution in [2.45, 2.75) is 26.4 Å². The third-order valence-electron chi connectivity index (χ3n) is 2.40. The van der Waals surface area contributed by atoms with Gasteiger partial charge < -0.3 is 14.9 Å². The van der Waals surface area contributed by atoms with Crippen molar-refractivity contribution in [2.75, 3.05) is 13.2 Å². The maximum atomic E-state index is 12.9. The number of hydrogen-bond donors (Lipinski definition) is 1.